The zero-order valence-electron chi connectivity index (χ0n) is 21.4. The topological polar surface area (TPSA) is 101 Å². The summed E-state index contributed by atoms with van der Waals surface area (Å²) in [5.41, 5.74) is 0.00555. The SMILES string of the molecule is CNc1nccc(-c2cccnc2Oc2cc(F)c(NS(=O)C3CCCC3)c(F)c2F)n1.FC1CCCNC1. The molecule has 3 N–H and O–H groups in total. The number of aromatic nitrogens is 3. The van der Waals surface area contributed by atoms with E-state index < -0.39 is 46.0 Å². The molecule has 13 heteroatoms. The van der Waals surface area contributed by atoms with Crippen LogP contribution in [0.15, 0.2) is 36.7 Å². The molecular weight excluding hydrogens is 536 g/mol. The van der Waals surface area contributed by atoms with Gasteiger partial charge in [0.2, 0.25) is 17.6 Å². The fourth-order valence-electron chi connectivity index (χ4n) is 4.24. The average molecular weight is 567 g/mol. The van der Waals surface area contributed by atoms with Crippen LogP contribution in [-0.4, -0.2) is 50.7 Å². The van der Waals surface area contributed by atoms with Gasteiger partial charge in [-0.15, -0.1) is 0 Å². The van der Waals surface area contributed by atoms with E-state index in [1.807, 2.05) is 0 Å². The second-order valence-corrected chi connectivity index (χ2v) is 10.5. The van der Waals surface area contributed by atoms with Gasteiger partial charge in [-0.2, -0.15) is 4.39 Å². The maximum absolute atomic E-state index is 14.7. The Balaban J connectivity index is 0.000000438. The van der Waals surface area contributed by atoms with Gasteiger partial charge < -0.3 is 15.4 Å². The van der Waals surface area contributed by atoms with Gasteiger partial charge in [-0.05, 0) is 50.4 Å². The highest BCUT2D eigenvalue weighted by Crippen LogP contribution is 2.36. The van der Waals surface area contributed by atoms with Gasteiger partial charge in [0.15, 0.2) is 17.4 Å². The molecule has 3 aromatic rings. The van der Waals surface area contributed by atoms with Crippen LogP contribution in [0.4, 0.5) is 29.2 Å². The third-order valence-corrected chi connectivity index (χ3v) is 7.78. The van der Waals surface area contributed by atoms with Crippen molar-refractivity contribution in [2.75, 3.05) is 30.2 Å². The van der Waals surface area contributed by atoms with Gasteiger partial charge >= 0.3 is 0 Å². The van der Waals surface area contributed by atoms with E-state index in [1.54, 1.807) is 25.2 Å². The first-order valence-corrected chi connectivity index (χ1v) is 13.9. The quantitative estimate of drug-likeness (QED) is 0.256. The van der Waals surface area contributed by atoms with Gasteiger partial charge in [-0.25, -0.2) is 32.3 Å². The molecule has 3 heterocycles. The fourth-order valence-corrected chi connectivity index (χ4v) is 5.55. The molecule has 2 unspecified atom stereocenters. The fraction of sp³-hybridized carbons (Fsp3) is 0.423. The predicted molar refractivity (Wildman–Crippen MR) is 142 cm³/mol. The van der Waals surface area contributed by atoms with Crippen LogP contribution in [0.1, 0.15) is 38.5 Å². The number of halogens is 4. The van der Waals surface area contributed by atoms with E-state index in [1.165, 1.54) is 12.4 Å². The van der Waals surface area contributed by atoms with Crippen LogP contribution in [-0.2, 0) is 11.0 Å². The molecule has 1 saturated carbocycles. The summed E-state index contributed by atoms with van der Waals surface area (Å²) >= 11 is 0. The standard InChI is InChI=1S/C21H20F3N5O2S.C5H10FN/c1-25-21-27-10-8-15(28-21)13-7-4-9-26-20(13)31-16-11-14(22)19(18(24)17(16)23)29-32(30)12-5-2-3-6-12;6-5-2-1-3-7-4-5/h4,7-12,29H,2-3,5-6H2,1H3,(H,25,27,28);5,7H,1-4H2. The zero-order chi connectivity index (χ0) is 27.8. The molecule has 0 amide bonds. The van der Waals surface area contributed by atoms with Crippen molar-refractivity contribution in [3.8, 4) is 22.9 Å². The van der Waals surface area contributed by atoms with Crippen molar-refractivity contribution in [2.24, 2.45) is 0 Å². The van der Waals surface area contributed by atoms with E-state index in [2.05, 4.69) is 30.3 Å². The Morgan fingerprint density at radius 3 is 2.51 bits per heavy atom. The van der Waals surface area contributed by atoms with Gasteiger partial charge in [0.05, 0.1) is 16.5 Å². The molecule has 0 spiro atoms. The van der Waals surface area contributed by atoms with Crippen molar-refractivity contribution in [1.29, 1.82) is 0 Å². The van der Waals surface area contributed by atoms with Crippen molar-refractivity contribution in [2.45, 2.75) is 49.9 Å². The molecule has 39 heavy (non-hydrogen) atoms. The summed E-state index contributed by atoms with van der Waals surface area (Å²) in [4.78, 5) is 12.4. The molecule has 0 radical (unpaired) electrons. The number of pyridine rings is 1. The Kier molecular flexibility index (Phi) is 10.0. The summed E-state index contributed by atoms with van der Waals surface area (Å²) in [5, 5.41) is 5.53. The summed E-state index contributed by atoms with van der Waals surface area (Å²) in [7, 11) is -0.0727. The van der Waals surface area contributed by atoms with Gasteiger partial charge in [-0.3, -0.25) is 4.72 Å². The van der Waals surface area contributed by atoms with E-state index >= 15 is 0 Å². The largest absolute Gasteiger partial charge is 0.435 e. The predicted octanol–water partition coefficient (Wildman–Crippen LogP) is 5.52. The van der Waals surface area contributed by atoms with Crippen LogP contribution in [0, 0.1) is 17.5 Å². The Hall–Kier alpha value is -3.32. The number of hydrogen-bond acceptors (Lipinski definition) is 7. The number of piperidine rings is 1. The lowest BCUT2D eigenvalue weighted by atomic mass is 10.1. The van der Waals surface area contributed by atoms with Crippen LogP contribution < -0.4 is 20.1 Å². The molecule has 2 aliphatic rings. The Morgan fingerprint density at radius 1 is 1.05 bits per heavy atom. The second kappa shape index (κ2) is 13.7. The summed E-state index contributed by atoms with van der Waals surface area (Å²) in [6, 6.07) is 5.53. The lowest BCUT2D eigenvalue weighted by molar-refractivity contribution is 0.266. The number of nitrogens with one attached hydrogen (secondary N) is 3. The summed E-state index contributed by atoms with van der Waals surface area (Å²) in [6.07, 6.45) is 7.26. The maximum atomic E-state index is 14.7. The highest BCUT2D eigenvalue weighted by molar-refractivity contribution is 7.87. The Labute approximate surface area is 226 Å². The van der Waals surface area contributed by atoms with Crippen molar-refractivity contribution in [3.05, 3.63) is 54.1 Å². The minimum absolute atomic E-state index is 0.0961. The van der Waals surface area contributed by atoms with Crippen LogP contribution in [0.3, 0.4) is 0 Å². The number of anilines is 2. The van der Waals surface area contributed by atoms with E-state index in [4.69, 9.17) is 4.74 Å². The van der Waals surface area contributed by atoms with Gasteiger partial charge in [0.25, 0.3) is 0 Å². The molecule has 1 saturated heterocycles. The number of alkyl halides is 1. The lowest BCUT2D eigenvalue weighted by Gasteiger charge is -2.15. The van der Waals surface area contributed by atoms with Crippen molar-refractivity contribution >= 4 is 22.6 Å². The smallest absolute Gasteiger partial charge is 0.228 e. The van der Waals surface area contributed by atoms with E-state index in [-0.39, 0.29) is 11.1 Å². The van der Waals surface area contributed by atoms with Crippen LogP contribution >= 0.6 is 0 Å². The first-order valence-electron chi connectivity index (χ1n) is 12.7. The lowest BCUT2D eigenvalue weighted by Crippen LogP contribution is -2.30. The normalized spacial score (nSPS) is 18.1. The molecular formula is C26H30F4N6O2S. The van der Waals surface area contributed by atoms with Crippen LogP contribution in [0.25, 0.3) is 11.3 Å². The number of rotatable bonds is 7. The molecule has 2 aromatic heterocycles. The third kappa shape index (κ3) is 7.41. The second-order valence-electron chi connectivity index (χ2n) is 9.08. The molecule has 2 fully saturated rings. The monoisotopic (exact) mass is 566 g/mol. The third-order valence-electron chi connectivity index (χ3n) is 6.30. The highest BCUT2D eigenvalue weighted by atomic mass is 32.2. The zero-order valence-corrected chi connectivity index (χ0v) is 22.2. The van der Waals surface area contributed by atoms with E-state index in [0.29, 0.717) is 42.7 Å². The van der Waals surface area contributed by atoms with Crippen LogP contribution in [0.2, 0.25) is 0 Å². The Morgan fingerprint density at radius 2 is 1.85 bits per heavy atom. The molecule has 2 atom stereocenters. The summed E-state index contributed by atoms with van der Waals surface area (Å²) in [6.45, 7) is 1.57. The number of nitrogens with zero attached hydrogens (tertiary/aromatic N) is 3. The van der Waals surface area contributed by atoms with Crippen molar-refractivity contribution in [3.63, 3.8) is 0 Å². The van der Waals surface area contributed by atoms with Gasteiger partial charge in [-0.1, -0.05) is 12.8 Å². The molecule has 1 aliphatic heterocycles. The first kappa shape index (κ1) is 28.7. The highest BCUT2D eigenvalue weighted by Gasteiger charge is 2.27. The first-order chi connectivity index (χ1) is 18.9. The molecule has 210 valence electrons. The minimum Gasteiger partial charge on any atom is -0.435 e. The number of benzene rings is 1. The minimum atomic E-state index is -1.72. The summed E-state index contributed by atoms with van der Waals surface area (Å²) < 4.78 is 76.2. The van der Waals surface area contributed by atoms with Gasteiger partial charge in [0.1, 0.15) is 22.8 Å². The van der Waals surface area contributed by atoms with E-state index in [9.17, 15) is 21.8 Å². The van der Waals surface area contributed by atoms with Crippen molar-refractivity contribution in [1.82, 2.24) is 20.3 Å². The Bertz CT molecular complexity index is 1290. The molecule has 8 nitrogen and oxygen atoms in total. The average Bonchev–Trinajstić information content (AvgIpc) is 3.50. The number of hydrogen-bond donors (Lipinski definition) is 3. The molecule has 1 aliphatic carbocycles. The van der Waals surface area contributed by atoms with Crippen LogP contribution in [0.5, 0.6) is 11.6 Å². The molecule has 1 aromatic carbocycles. The number of ether oxygens (including phenoxy) is 1. The van der Waals surface area contributed by atoms with Gasteiger partial charge in [0, 0.05) is 32.1 Å². The van der Waals surface area contributed by atoms with E-state index in [0.717, 1.165) is 32.2 Å². The maximum Gasteiger partial charge on any atom is 0.228 e. The van der Waals surface area contributed by atoms with Crippen molar-refractivity contribution < 1.29 is 26.5 Å². The molecule has 0 bridgehead atoms. The summed E-state index contributed by atoms with van der Waals surface area (Å²) in [5.74, 6) is -4.51. The molecule has 5 rings (SSSR count).